The van der Waals surface area contributed by atoms with Gasteiger partial charge in [0, 0.05) is 26.1 Å². The fourth-order valence-corrected chi connectivity index (χ4v) is 4.36. The number of allylic oxidation sites excluding steroid dienone is 2. The quantitative estimate of drug-likeness (QED) is 0.885. The van der Waals surface area contributed by atoms with Gasteiger partial charge in [0.25, 0.3) is 0 Å². The molecule has 0 amide bonds. The molecule has 0 saturated carbocycles. The maximum absolute atomic E-state index is 13.0. The first kappa shape index (κ1) is 17.2. The Labute approximate surface area is 144 Å². The van der Waals surface area contributed by atoms with Crippen LogP contribution in [0.2, 0.25) is 0 Å². The highest BCUT2D eigenvalue weighted by Crippen LogP contribution is 2.47. The van der Waals surface area contributed by atoms with Crippen LogP contribution in [0.25, 0.3) is 5.57 Å². The average Bonchev–Trinajstić information content (AvgIpc) is 2.55. The summed E-state index contributed by atoms with van der Waals surface area (Å²) in [5.41, 5.74) is 5.05. The largest absolute Gasteiger partial charge is 0.512 e. The summed E-state index contributed by atoms with van der Waals surface area (Å²) in [7, 11) is 0. The average molecular weight is 328 g/mol. The Morgan fingerprint density at radius 1 is 1.08 bits per heavy atom. The predicted octanol–water partition coefficient (Wildman–Crippen LogP) is 4.55. The van der Waals surface area contributed by atoms with E-state index < -0.39 is 0 Å². The lowest BCUT2D eigenvalue weighted by Crippen LogP contribution is -2.36. The maximum Gasteiger partial charge on any atom is 0.167 e. The van der Waals surface area contributed by atoms with Gasteiger partial charge in [-0.05, 0) is 54.7 Å². The van der Waals surface area contributed by atoms with Gasteiger partial charge in [0.1, 0.15) is 5.76 Å². The van der Waals surface area contributed by atoms with Crippen LogP contribution in [0.15, 0.2) is 17.9 Å². The number of hydrogen-bond donors (Lipinski definition) is 1. The zero-order valence-corrected chi connectivity index (χ0v) is 15.1. The molecule has 1 spiro atoms. The first-order valence-corrected chi connectivity index (χ1v) is 9.15. The summed E-state index contributed by atoms with van der Waals surface area (Å²) < 4.78 is 5.46. The van der Waals surface area contributed by atoms with Gasteiger partial charge in [-0.25, -0.2) is 0 Å². The van der Waals surface area contributed by atoms with Crippen molar-refractivity contribution in [3.8, 4) is 0 Å². The van der Waals surface area contributed by atoms with Crippen molar-refractivity contribution < 1.29 is 14.6 Å². The molecule has 3 rings (SSSR count). The van der Waals surface area contributed by atoms with Crippen molar-refractivity contribution in [2.24, 2.45) is 5.41 Å². The molecule has 0 aromatic heterocycles. The highest BCUT2D eigenvalue weighted by molar-refractivity contribution is 6.23. The van der Waals surface area contributed by atoms with Crippen LogP contribution < -0.4 is 0 Å². The number of rotatable bonds is 3. The van der Waals surface area contributed by atoms with Gasteiger partial charge in [0.05, 0.1) is 5.57 Å². The third-order valence-corrected chi connectivity index (χ3v) is 5.66. The number of benzene rings is 1. The summed E-state index contributed by atoms with van der Waals surface area (Å²) >= 11 is 0. The van der Waals surface area contributed by atoms with Crippen LogP contribution in [0.1, 0.15) is 61.8 Å². The van der Waals surface area contributed by atoms with Gasteiger partial charge in [-0.3, -0.25) is 4.79 Å². The van der Waals surface area contributed by atoms with Gasteiger partial charge in [-0.15, -0.1) is 0 Å². The normalized spacial score (nSPS) is 20.7. The SMILES string of the molecule is CCc1cc(C)cc(CC)c1C1=C(O)CC2(CCOCC2)CC1=O. The van der Waals surface area contributed by atoms with E-state index in [1.165, 1.54) is 16.7 Å². The number of aryl methyl sites for hydroxylation is 3. The van der Waals surface area contributed by atoms with Gasteiger partial charge in [-0.2, -0.15) is 0 Å². The zero-order valence-electron chi connectivity index (χ0n) is 15.1. The molecule has 1 aromatic carbocycles. The molecule has 24 heavy (non-hydrogen) atoms. The van der Waals surface area contributed by atoms with E-state index in [1.54, 1.807) is 0 Å². The third kappa shape index (κ3) is 3.02. The van der Waals surface area contributed by atoms with Crippen molar-refractivity contribution >= 4 is 11.4 Å². The van der Waals surface area contributed by atoms with E-state index >= 15 is 0 Å². The Balaban J connectivity index is 2.09. The summed E-state index contributed by atoms with van der Waals surface area (Å²) in [5, 5.41) is 10.8. The molecule has 1 fully saturated rings. The third-order valence-electron chi connectivity index (χ3n) is 5.66. The monoisotopic (exact) mass is 328 g/mol. The van der Waals surface area contributed by atoms with Gasteiger partial charge in [-0.1, -0.05) is 31.5 Å². The molecule has 0 atom stereocenters. The molecule has 2 aliphatic rings. The second-order valence-corrected chi connectivity index (χ2v) is 7.38. The van der Waals surface area contributed by atoms with Crippen LogP contribution in [0.5, 0.6) is 0 Å². The molecular formula is C21H28O3. The number of aliphatic hydroxyl groups is 1. The van der Waals surface area contributed by atoms with Crippen molar-refractivity contribution in [3.05, 3.63) is 40.1 Å². The van der Waals surface area contributed by atoms with Gasteiger partial charge >= 0.3 is 0 Å². The number of carbonyl (C=O) groups excluding carboxylic acids is 1. The molecule has 1 heterocycles. The molecule has 1 saturated heterocycles. The lowest BCUT2D eigenvalue weighted by molar-refractivity contribution is -0.118. The number of ether oxygens (including phenoxy) is 1. The van der Waals surface area contributed by atoms with Crippen LogP contribution in [0.4, 0.5) is 0 Å². The topological polar surface area (TPSA) is 46.5 Å². The number of hydrogen-bond acceptors (Lipinski definition) is 3. The number of ketones is 1. The highest BCUT2D eigenvalue weighted by Gasteiger charge is 2.42. The van der Waals surface area contributed by atoms with E-state index in [0.29, 0.717) is 37.4 Å². The van der Waals surface area contributed by atoms with E-state index in [2.05, 4.69) is 32.9 Å². The minimum absolute atomic E-state index is 0.0909. The second kappa shape index (κ2) is 6.72. The Morgan fingerprint density at radius 2 is 1.67 bits per heavy atom. The summed E-state index contributed by atoms with van der Waals surface area (Å²) in [4.78, 5) is 13.0. The molecule has 1 aromatic rings. The van der Waals surface area contributed by atoms with Crippen molar-refractivity contribution in [2.75, 3.05) is 13.2 Å². The number of Topliss-reactive ketones (excluding diaryl/α,β-unsaturated/α-hetero) is 1. The maximum atomic E-state index is 13.0. The summed E-state index contributed by atoms with van der Waals surface area (Å²) in [6.45, 7) is 7.71. The molecule has 0 bridgehead atoms. The fourth-order valence-electron chi connectivity index (χ4n) is 4.36. The minimum atomic E-state index is -0.0909. The fraction of sp³-hybridized carbons (Fsp3) is 0.571. The Bertz CT molecular complexity index is 653. The minimum Gasteiger partial charge on any atom is -0.512 e. The molecule has 1 N–H and O–H groups in total. The van der Waals surface area contributed by atoms with E-state index in [1.807, 2.05) is 0 Å². The summed E-state index contributed by atoms with van der Waals surface area (Å²) in [6, 6.07) is 4.31. The smallest absolute Gasteiger partial charge is 0.167 e. The molecule has 3 heteroatoms. The highest BCUT2D eigenvalue weighted by atomic mass is 16.5. The molecule has 1 aliphatic heterocycles. The Kier molecular flexibility index (Phi) is 4.82. The number of carbonyl (C=O) groups is 1. The van der Waals surface area contributed by atoms with Crippen LogP contribution in [0.3, 0.4) is 0 Å². The van der Waals surface area contributed by atoms with Crippen molar-refractivity contribution in [3.63, 3.8) is 0 Å². The van der Waals surface area contributed by atoms with Crippen molar-refractivity contribution in [1.82, 2.24) is 0 Å². The summed E-state index contributed by atoms with van der Waals surface area (Å²) in [5.74, 6) is 0.398. The van der Waals surface area contributed by atoms with Crippen LogP contribution in [-0.4, -0.2) is 24.1 Å². The molecule has 0 radical (unpaired) electrons. The zero-order chi connectivity index (χ0) is 17.3. The van der Waals surface area contributed by atoms with E-state index in [0.717, 1.165) is 31.2 Å². The Morgan fingerprint density at radius 3 is 2.17 bits per heavy atom. The van der Waals surface area contributed by atoms with Crippen LogP contribution >= 0.6 is 0 Å². The summed E-state index contributed by atoms with van der Waals surface area (Å²) in [6.07, 6.45) is 4.62. The predicted molar refractivity (Wildman–Crippen MR) is 96.2 cm³/mol. The molecule has 0 unspecified atom stereocenters. The van der Waals surface area contributed by atoms with E-state index in [9.17, 15) is 9.90 Å². The standard InChI is InChI=1S/C21H28O3/c1-4-15-10-14(3)11-16(5-2)19(15)20-17(22)12-21(13-18(20)23)6-8-24-9-7-21/h10-11,22H,4-9,12-13H2,1-3H3. The van der Waals surface area contributed by atoms with E-state index in [-0.39, 0.29) is 11.2 Å². The van der Waals surface area contributed by atoms with Crippen molar-refractivity contribution in [1.29, 1.82) is 0 Å². The molecular weight excluding hydrogens is 300 g/mol. The first-order chi connectivity index (χ1) is 11.5. The Hall–Kier alpha value is -1.61. The molecule has 130 valence electrons. The van der Waals surface area contributed by atoms with Crippen molar-refractivity contribution in [2.45, 2.75) is 59.3 Å². The second-order valence-electron chi connectivity index (χ2n) is 7.38. The first-order valence-electron chi connectivity index (χ1n) is 9.15. The molecule has 1 aliphatic carbocycles. The van der Waals surface area contributed by atoms with Crippen LogP contribution in [-0.2, 0) is 22.4 Å². The van der Waals surface area contributed by atoms with Gasteiger partial charge in [0.2, 0.25) is 0 Å². The number of aliphatic hydroxyl groups excluding tert-OH is 1. The van der Waals surface area contributed by atoms with Gasteiger partial charge in [0.15, 0.2) is 5.78 Å². The lowest BCUT2D eigenvalue weighted by Gasteiger charge is -2.40. The van der Waals surface area contributed by atoms with Gasteiger partial charge < -0.3 is 9.84 Å². The van der Waals surface area contributed by atoms with E-state index in [4.69, 9.17) is 4.74 Å². The lowest BCUT2D eigenvalue weighted by atomic mass is 9.67. The van der Waals surface area contributed by atoms with Crippen LogP contribution in [0, 0.1) is 12.3 Å². The molecule has 3 nitrogen and oxygen atoms in total.